The van der Waals surface area contributed by atoms with Gasteiger partial charge in [-0.2, -0.15) is 0 Å². The van der Waals surface area contributed by atoms with Crippen molar-refractivity contribution < 1.29 is 24.4 Å². The number of nitro groups is 1. The maximum Gasteiger partial charge on any atom is 0.295 e. The van der Waals surface area contributed by atoms with Crippen molar-refractivity contribution in [3.05, 3.63) is 81.4 Å². The smallest absolute Gasteiger partial charge is 0.295 e. The Bertz CT molecular complexity index is 954. The number of methoxy groups -OCH3 is 1. The first-order valence-corrected chi connectivity index (χ1v) is 8.53. The molecule has 1 fully saturated rings. The molecule has 0 saturated carbocycles. The molecule has 1 heterocycles. The van der Waals surface area contributed by atoms with Crippen LogP contribution in [0.5, 0.6) is 0 Å². The summed E-state index contributed by atoms with van der Waals surface area (Å²) >= 11 is 0. The third-order valence-corrected chi connectivity index (χ3v) is 4.55. The summed E-state index contributed by atoms with van der Waals surface area (Å²) in [6.45, 7) is 0.179. The van der Waals surface area contributed by atoms with Crippen LogP contribution in [0.3, 0.4) is 0 Å². The number of carbonyl (C=O) groups excluding carboxylic acids is 2. The van der Waals surface area contributed by atoms with Gasteiger partial charge in [0.15, 0.2) is 0 Å². The molecule has 1 aliphatic heterocycles. The highest BCUT2D eigenvalue weighted by Crippen LogP contribution is 2.42. The van der Waals surface area contributed by atoms with E-state index in [9.17, 15) is 24.8 Å². The Morgan fingerprint density at radius 2 is 1.79 bits per heavy atom. The number of hydrogen-bond donors (Lipinski definition) is 1. The Morgan fingerprint density at radius 1 is 1.14 bits per heavy atom. The number of nitrogens with zero attached hydrogens (tertiary/aromatic N) is 2. The Hall–Kier alpha value is -3.52. The fourth-order valence-electron chi connectivity index (χ4n) is 3.26. The quantitative estimate of drug-likeness (QED) is 0.270. The van der Waals surface area contributed by atoms with Gasteiger partial charge in [0.25, 0.3) is 17.4 Å². The molecule has 0 aliphatic carbocycles. The van der Waals surface area contributed by atoms with Crippen LogP contribution in [-0.4, -0.2) is 46.9 Å². The molecule has 1 amide bonds. The molecule has 8 nitrogen and oxygen atoms in total. The van der Waals surface area contributed by atoms with E-state index in [0.717, 1.165) is 0 Å². The summed E-state index contributed by atoms with van der Waals surface area (Å²) in [7, 11) is 1.44. The maximum absolute atomic E-state index is 12.7. The lowest BCUT2D eigenvalue weighted by molar-refractivity contribution is -0.385. The second-order valence-electron chi connectivity index (χ2n) is 6.17. The summed E-state index contributed by atoms with van der Waals surface area (Å²) in [5.74, 6) is -2.10. The molecule has 1 aliphatic rings. The third-order valence-electron chi connectivity index (χ3n) is 4.55. The van der Waals surface area contributed by atoms with Crippen LogP contribution < -0.4 is 0 Å². The number of benzene rings is 2. The molecular weight excluding hydrogens is 364 g/mol. The van der Waals surface area contributed by atoms with E-state index in [-0.39, 0.29) is 35.7 Å². The van der Waals surface area contributed by atoms with E-state index in [0.29, 0.717) is 5.56 Å². The van der Waals surface area contributed by atoms with Crippen molar-refractivity contribution in [2.24, 2.45) is 0 Å². The van der Waals surface area contributed by atoms with Gasteiger partial charge in [-0.25, -0.2) is 0 Å². The molecule has 0 unspecified atom stereocenters. The summed E-state index contributed by atoms with van der Waals surface area (Å²) in [6.07, 6.45) is 0. The molecule has 1 saturated heterocycles. The standard InChI is InChI=1S/C20H18N2O6/c1-28-12-11-21-17(14-9-5-6-10-15(14)22(26)27)16(19(24)20(21)25)18(23)13-7-3-2-4-8-13/h2-10,17,23H,11-12H2,1H3/t17-/m0/s1. The zero-order chi connectivity index (χ0) is 20.3. The number of nitro benzene ring substituents is 1. The van der Waals surface area contributed by atoms with Crippen LogP contribution in [0.4, 0.5) is 5.69 Å². The molecule has 1 N–H and O–H groups in total. The van der Waals surface area contributed by atoms with Crippen molar-refractivity contribution >= 4 is 23.1 Å². The highest BCUT2D eigenvalue weighted by molar-refractivity contribution is 6.46. The topological polar surface area (TPSA) is 110 Å². The van der Waals surface area contributed by atoms with E-state index in [2.05, 4.69) is 0 Å². The van der Waals surface area contributed by atoms with Crippen LogP contribution in [0.15, 0.2) is 60.2 Å². The first-order chi connectivity index (χ1) is 13.5. The SMILES string of the molecule is COCCN1C(=O)C(=O)C(=C(O)c2ccccc2)[C@@H]1c1ccccc1[N+](=O)[O-]. The average molecular weight is 382 g/mol. The lowest BCUT2D eigenvalue weighted by Gasteiger charge is -2.24. The van der Waals surface area contributed by atoms with Gasteiger partial charge in [0, 0.05) is 25.3 Å². The lowest BCUT2D eigenvalue weighted by Crippen LogP contribution is -2.32. The summed E-state index contributed by atoms with van der Waals surface area (Å²) in [5, 5.41) is 22.3. The van der Waals surface area contributed by atoms with Crippen molar-refractivity contribution in [1.29, 1.82) is 0 Å². The largest absolute Gasteiger partial charge is 0.507 e. The highest BCUT2D eigenvalue weighted by Gasteiger charge is 2.47. The van der Waals surface area contributed by atoms with Gasteiger partial charge in [-0.1, -0.05) is 42.5 Å². The molecule has 2 aromatic carbocycles. The lowest BCUT2D eigenvalue weighted by atomic mass is 9.94. The molecule has 1 atom stereocenters. The summed E-state index contributed by atoms with van der Waals surface area (Å²) in [4.78, 5) is 37.5. The number of ketones is 1. The first-order valence-electron chi connectivity index (χ1n) is 8.53. The molecule has 3 rings (SSSR count). The van der Waals surface area contributed by atoms with Crippen molar-refractivity contribution in [1.82, 2.24) is 4.90 Å². The maximum atomic E-state index is 12.7. The Kier molecular flexibility index (Phi) is 5.51. The van der Waals surface area contributed by atoms with E-state index in [1.807, 2.05) is 0 Å². The molecule has 0 bridgehead atoms. The molecular formula is C20H18N2O6. The fraction of sp³-hybridized carbons (Fsp3) is 0.200. The zero-order valence-corrected chi connectivity index (χ0v) is 15.1. The van der Waals surface area contributed by atoms with Crippen molar-refractivity contribution in [2.75, 3.05) is 20.3 Å². The van der Waals surface area contributed by atoms with Gasteiger partial charge in [-0.3, -0.25) is 19.7 Å². The predicted molar refractivity (Wildman–Crippen MR) is 100 cm³/mol. The summed E-state index contributed by atoms with van der Waals surface area (Å²) in [6, 6.07) is 13.1. The predicted octanol–water partition coefficient (Wildman–Crippen LogP) is 2.66. The number of rotatable bonds is 6. The van der Waals surface area contributed by atoms with E-state index >= 15 is 0 Å². The van der Waals surface area contributed by atoms with Crippen LogP contribution in [0.1, 0.15) is 17.2 Å². The molecule has 0 aromatic heterocycles. The first kappa shape index (κ1) is 19.2. The van der Waals surface area contributed by atoms with Gasteiger partial charge in [0.2, 0.25) is 0 Å². The number of para-hydroxylation sites is 1. The molecule has 8 heteroatoms. The highest BCUT2D eigenvalue weighted by atomic mass is 16.6. The average Bonchev–Trinajstić information content (AvgIpc) is 2.96. The third kappa shape index (κ3) is 3.37. The van der Waals surface area contributed by atoms with Crippen LogP contribution in [0.2, 0.25) is 0 Å². The zero-order valence-electron chi connectivity index (χ0n) is 15.1. The van der Waals surface area contributed by atoms with E-state index < -0.39 is 22.7 Å². The van der Waals surface area contributed by atoms with E-state index in [1.165, 1.54) is 30.2 Å². The van der Waals surface area contributed by atoms with Gasteiger partial charge in [0.05, 0.1) is 28.7 Å². The number of Topliss-reactive ketones (excluding diaryl/α,β-unsaturated/α-hetero) is 1. The van der Waals surface area contributed by atoms with Gasteiger partial charge in [-0.05, 0) is 6.07 Å². The molecule has 0 spiro atoms. The minimum Gasteiger partial charge on any atom is -0.507 e. The van der Waals surface area contributed by atoms with Crippen LogP contribution >= 0.6 is 0 Å². The van der Waals surface area contributed by atoms with Crippen LogP contribution in [0.25, 0.3) is 5.76 Å². The minimum absolute atomic E-state index is 0.0450. The number of amides is 1. The van der Waals surface area contributed by atoms with Gasteiger partial charge < -0.3 is 14.7 Å². The van der Waals surface area contributed by atoms with Crippen LogP contribution in [0, 0.1) is 10.1 Å². The number of aliphatic hydroxyl groups is 1. The number of carbonyl (C=O) groups is 2. The molecule has 144 valence electrons. The Balaban J connectivity index is 2.24. The Morgan fingerprint density at radius 3 is 2.43 bits per heavy atom. The number of ether oxygens (including phenoxy) is 1. The minimum atomic E-state index is -1.09. The monoisotopic (exact) mass is 382 g/mol. The number of aliphatic hydroxyl groups excluding tert-OH is 1. The van der Waals surface area contributed by atoms with E-state index in [4.69, 9.17) is 4.74 Å². The number of hydrogen-bond acceptors (Lipinski definition) is 6. The Labute approximate surface area is 160 Å². The van der Waals surface area contributed by atoms with Crippen molar-refractivity contribution in [2.45, 2.75) is 6.04 Å². The van der Waals surface area contributed by atoms with Gasteiger partial charge >= 0.3 is 0 Å². The fourth-order valence-corrected chi connectivity index (χ4v) is 3.26. The summed E-state index contributed by atoms with van der Waals surface area (Å²) < 4.78 is 5.01. The molecule has 2 aromatic rings. The second-order valence-corrected chi connectivity index (χ2v) is 6.17. The second kappa shape index (κ2) is 8.01. The van der Waals surface area contributed by atoms with Crippen molar-refractivity contribution in [3.63, 3.8) is 0 Å². The summed E-state index contributed by atoms with van der Waals surface area (Å²) in [5.41, 5.74) is 0.0773. The molecule has 0 radical (unpaired) electrons. The van der Waals surface area contributed by atoms with Crippen LogP contribution in [-0.2, 0) is 14.3 Å². The van der Waals surface area contributed by atoms with E-state index in [1.54, 1.807) is 36.4 Å². The number of likely N-dealkylation sites (tertiary alicyclic amines) is 1. The van der Waals surface area contributed by atoms with Gasteiger partial charge in [0.1, 0.15) is 5.76 Å². The normalized spacial score (nSPS) is 18.5. The van der Waals surface area contributed by atoms with Gasteiger partial charge in [-0.15, -0.1) is 0 Å². The molecule has 28 heavy (non-hydrogen) atoms. The van der Waals surface area contributed by atoms with Crippen molar-refractivity contribution in [3.8, 4) is 0 Å².